The minimum absolute atomic E-state index is 0.00139. The van der Waals surface area contributed by atoms with Gasteiger partial charge in [0.25, 0.3) is 0 Å². The van der Waals surface area contributed by atoms with E-state index in [0.29, 0.717) is 13.0 Å². The number of fused-ring (bicyclic) bond motifs is 3. The van der Waals surface area contributed by atoms with E-state index < -0.39 is 5.54 Å². The van der Waals surface area contributed by atoms with Gasteiger partial charge in [-0.15, -0.1) is 0 Å². The lowest BCUT2D eigenvalue weighted by molar-refractivity contribution is -0.571. The number of aryl methyl sites for hydroxylation is 1. The van der Waals surface area contributed by atoms with E-state index in [4.69, 9.17) is 0 Å². The van der Waals surface area contributed by atoms with Crippen molar-refractivity contribution in [3.63, 3.8) is 0 Å². The van der Waals surface area contributed by atoms with Crippen LogP contribution in [0.5, 0.6) is 0 Å². The quantitative estimate of drug-likeness (QED) is 0.646. The van der Waals surface area contributed by atoms with Crippen LogP contribution >= 0.6 is 0 Å². The molecule has 118 valence electrons. The summed E-state index contributed by atoms with van der Waals surface area (Å²) < 4.78 is 0. The van der Waals surface area contributed by atoms with E-state index in [0.717, 1.165) is 19.5 Å². The van der Waals surface area contributed by atoms with E-state index in [1.54, 1.807) is 0 Å². The molecule has 4 rings (SSSR count). The molecule has 4 heteroatoms. The number of nitrogens with zero attached hydrogens (tertiary/aromatic N) is 2. The van der Waals surface area contributed by atoms with Crippen LogP contribution in [0.15, 0.2) is 54.6 Å². The van der Waals surface area contributed by atoms with Crippen molar-refractivity contribution < 1.29 is 4.92 Å². The van der Waals surface area contributed by atoms with Crippen molar-refractivity contribution in [2.75, 3.05) is 13.1 Å². The summed E-state index contributed by atoms with van der Waals surface area (Å²) in [4.78, 5) is 14.2. The lowest BCUT2D eigenvalue weighted by Crippen LogP contribution is -2.47. The lowest BCUT2D eigenvalue weighted by atomic mass is 9.72. The van der Waals surface area contributed by atoms with Gasteiger partial charge in [-0.25, -0.2) is 0 Å². The van der Waals surface area contributed by atoms with Crippen LogP contribution in [-0.4, -0.2) is 28.5 Å². The molecule has 1 aliphatic heterocycles. The van der Waals surface area contributed by atoms with Crippen LogP contribution in [0.3, 0.4) is 0 Å². The Kier molecular flexibility index (Phi) is 3.42. The molecule has 0 radical (unpaired) electrons. The fourth-order valence-electron chi connectivity index (χ4n) is 4.32. The Labute approximate surface area is 135 Å². The van der Waals surface area contributed by atoms with Gasteiger partial charge in [0, 0.05) is 24.4 Å². The number of hydrogen-bond donors (Lipinski definition) is 0. The molecular weight excluding hydrogens is 288 g/mol. The first-order chi connectivity index (χ1) is 11.2. The summed E-state index contributed by atoms with van der Waals surface area (Å²) in [6.07, 6.45) is 1.46. The van der Waals surface area contributed by atoms with Gasteiger partial charge in [0.1, 0.15) is 0 Å². The number of likely N-dealkylation sites (tertiary alicyclic amines) is 1. The predicted molar refractivity (Wildman–Crippen MR) is 88.9 cm³/mol. The molecule has 2 atom stereocenters. The molecule has 0 bridgehead atoms. The van der Waals surface area contributed by atoms with Crippen LogP contribution in [0.25, 0.3) is 0 Å². The van der Waals surface area contributed by atoms with Crippen LogP contribution in [0.1, 0.15) is 29.0 Å². The molecule has 2 aromatic rings. The normalized spacial score (nSPS) is 26.5. The molecule has 2 aromatic carbocycles. The van der Waals surface area contributed by atoms with Crippen molar-refractivity contribution in [3.8, 4) is 0 Å². The maximum Gasteiger partial charge on any atom is 0.242 e. The van der Waals surface area contributed by atoms with Gasteiger partial charge in [0.05, 0.1) is 12.5 Å². The van der Waals surface area contributed by atoms with Gasteiger partial charge in [-0.2, -0.15) is 0 Å². The molecule has 1 heterocycles. The molecule has 23 heavy (non-hydrogen) atoms. The molecule has 1 saturated heterocycles. The fourth-order valence-corrected chi connectivity index (χ4v) is 4.32. The SMILES string of the molecule is O=[N+]([O-])[C@]12CCc3ccccc3[C@@H]1CN(Cc1ccccc1)C2. The minimum atomic E-state index is -0.816. The van der Waals surface area contributed by atoms with Crippen molar-refractivity contribution in [1.82, 2.24) is 4.90 Å². The Hall–Kier alpha value is -2.20. The second-order valence-corrected chi connectivity index (χ2v) is 6.77. The Morgan fingerprint density at radius 2 is 1.87 bits per heavy atom. The molecule has 1 fully saturated rings. The van der Waals surface area contributed by atoms with Crippen LogP contribution in [0.2, 0.25) is 0 Å². The summed E-state index contributed by atoms with van der Waals surface area (Å²) >= 11 is 0. The van der Waals surface area contributed by atoms with Gasteiger partial charge in [-0.3, -0.25) is 15.0 Å². The summed E-state index contributed by atoms with van der Waals surface area (Å²) in [6, 6.07) is 18.5. The fraction of sp³-hybridized carbons (Fsp3) is 0.368. The molecule has 0 saturated carbocycles. The third-order valence-corrected chi connectivity index (χ3v) is 5.46. The second-order valence-electron chi connectivity index (χ2n) is 6.77. The summed E-state index contributed by atoms with van der Waals surface area (Å²) in [5.41, 5.74) is 2.88. The third-order valence-electron chi connectivity index (χ3n) is 5.46. The summed E-state index contributed by atoms with van der Waals surface area (Å²) in [5.74, 6) is 0.00571. The molecule has 4 nitrogen and oxygen atoms in total. The zero-order chi connectivity index (χ0) is 15.9. The minimum Gasteiger partial charge on any atom is -0.291 e. The van der Waals surface area contributed by atoms with E-state index in [1.807, 2.05) is 30.3 Å². The Bertz CT molecular complexity index is 731. The van der Waals surface area contributed by atoms with Crippen LogP contribution < -0.4 is 0 Å². The highest BCUT2D eigenvalue weighted by molar-refractivity contribution is 5.38. The first-order valence-corrected chi connectivity index (χ1v) is 8.18. The smallest absolute Gasteiger partial charge is 0.242 e. The number of benzene rings is 2. The van der Waals surface area contributed by atoms with Gasteiger partial charge >= 0.3 is 0 Å². The molecular formula is C19H20N2O2. The Morgan fingerprint density at radius 3 is 2.65 bits per heavy atom. The van der Waals surface area contributed by atoms with Gasteiger partial charge in [0.2, 0.25) is 5.54 Å². The van der Waals surface area contributed by atoms with Crippen molar-refractivity contribution in [3.05, 3.63) is 81.4 Å². The van der Waals surface area contributed by atoms with E-state index in [1.165, 1.54) is 16.7 Å². The molecule has 0 spiro atoms. The third kappa shape index (κ3) is 2.34. The highest BCUT2D eigenvalue weighted by atomic mass is 16.6. The van der Waals surface area contributed by atoms with Crippen molar-refractivity contribution in [2.24, 2.45) is 0 Å². The Morgan fingerprint density at radius 1 is 1.13 bits per heavy atom. The summed E-state index contributed by atoms with van der Waals surface area (Å²) in [6.45, 7) is 2.11. The summed E-state index contributed by atoms with van der Waals surface area (Å²) in [5, 5.41) is 11.9. The van der Waals surface area contributed by atoms with Gasteiger partial charge < -0.3 is 0 Å². The molecule has 0 amide bonds. The van der Waals surface area contributed by atoms with E-state index >= 15 is 0 Å². The second kappa shape index (κ2) is 5.46. The van der Waals surface area contributed by atoms with Crippen LogP contribution in [0.4, 0.5) is 0 Å². The highest BCUT2D eigenvalue weighted by Crippen LogP contribution is 2.46. The predicted octanol–water partition coefficient (Wildman–Crippen LogP) is 3.25. The molecule has 0 unspecified atom stereocenters. The average Bonchev–Trinajstić information content (AvgIpc) is 2.96. The topological polar surface area (TPSA) is 46.4 Å². The van der Waals surface area contributed by atoms with E-state index in [-0.39, 0.29) is 10.8 Å². The maximum absolute atomic E-state index is 11.9. The van der Waals surface area contributed by atoms with Gasteiger partial charge in [0.15, 0.2) is 0 Å². The maximum atomic E-state index is 11.9. The molecule has 1 aliphatic carbocycles. The number of nitro groups is 1. The number of rotatable bonds is 3. The van der Waals surface area contributed by atoms with Crippen LogP contribution in [0, 0.1) is 10.1 Å². The molecule has 0 N–H and O–H groups in total. The first-order valence-electron chi connectivity index (χ1n) is 8.18. The summed E-state index contributed by atoms with van der Waals surface area (Å²) in [7, 11) is 0. The van der Waals surface area contributed by atoms with E-state index in [2.05, 4.69) is 29.2 Å². The van der Waals surface area contributed by atoms with Crippen molar-refractivity contribution >= 4 is 0 Å². The van der Waals surface area contributed by atoms with E-state index in [9.17, 15) is 10.1 Å². The first kappa shape index (κ1) is 14.4. The molecule has 2 aliphatic rings. The largest absolute Gasteiger partial charge is 0.291 e. The standard InChI is InChI=1S/C19H20N2O2/c22-21(23)19-11-10-16-8-4-5-9-17(16)18(19)13-20(14-19)12-15-6-2-1-3-7-15/h1-9,18H,10-14H2/t18-,19-/m0/s1. The monoisotopic (exact) mass is 308 g/mol. The zero-order valence-electron chi connectivity index (χ0n) is 13.0. The highest BCUT2D eigenvalue weighted by Gasteiger charge is 2.58. The molecule has 0 aromatic heterocycles. The van der Waals surface area contributed by atoms with Crippen molar-refractivity contribution in [1.29, 1.82) is 0 Å². The van der Waals surface area contributed by atoms with Crippen LogP contribution in [-0.2, 0) is 13.0 Å². The number of hydrogen-bond acceptors (Lipinski definition) is 3. The Balaban J connectivity index is 1.66. The average molecular weight is 308 g/mol. The van der Waals surface area contributed by atoms with Crippen molar-refractivity contribution in [2.45, 2.75) is 30.8 Å². The zero-order valence-corrected chi connectivity index (χ0v) is 13.0. The van der Waals surface area contributed by atoms with Gasteiger partial charge in [-0.05, 0) is 23.1 Å². The van der Waals surface area contributed by atoms with Gasteiger partial charge in [-0.1, -0.05) is 54.6 Å². The lowest BCUT2D eigenvalue weighted by Gasteiger charge is -2.32.